The molecule has 0 bridgehead atoms. The van der Waals surface area contributed by atoms with Gasteiger partial charge in [-0.2, -0.15) is 39.2 Å². The molecule has 0 rings (SSSR count). The summed E-state index contributed by atoms with van der Waals surface area (Å²) in [5, 5.41) is 0. The predicted octanol–water partition coefficient (Wildman–Crippen LogP) is 2.42. The van der Waals surface area contributed by atoms with Crippen LogP contribution in [-0.2, 0) is 14.6 Å². The van der Waals surface area contributed by atoms with Gasteiger partial charge < -0.3 is 0 Å². The van der Waals surface area contributed by atoms with Crippen molar-refractivity contribution in [2.45, 2.75) is 30.9 Å². The van der Waals surface area contributed by atoms with Gasteiger partial charge in [-0.1, -0.05) is 0 Å². The molecule has 0 saturated heterocycles. The molecule has 0 spiro atoms. The van der Waals surface area contributed by atoms with E-state index in [0.29, 0.717) is 0 Å². The monoisotopic (exact) mass is 308 g/mol. The standard InChI is InChI=1S/C6H7F7O4S/c7-4(8,5(9,10)6(11,12)13)2-1-3-17-18(14,15)16/h1-3H2,(H,14,15,16). The van der Waals surface area contributed by atoms with Crippen LogP contribution in [0.3, 0.4) is 0 Å². The van der Waals surface area contributed by atoms with Crippen LogP contribution in [0.25, 0.3) is 0 Å². The molecule has 0 aromatic heterocycles. The third kappa shape index (κ3) is 4.57. The molecule has 0 radical (unpaired) electrons. The number of rotatable bonds is 6. The van der Waals surface area contributed by atoms with Crippen molar-refractivity contribution < 1.29 is 47.9 Å². The van der Waals surface area contributed by atoms with Crippen LogP contribution in [-0.4, -0.2) is 37.6 Å². The van der Waals surface area contributed by atoms with Crippen molar-refractivity contribution in [3.05, 3.63) is 0 Å². The summed E-state index contributed by atoms with van der Waals surface area (Å²) in [5.41, 5.74) is 0. The van der Waals surface area contributed by atoms with Crippen LogP contribution in [0, 0.1) is 0 Å². The number of halogens is 7. The van der Waals surface area contributed by atoms with Gasteiger partial charge in [0, 0.05) is 6.42 Å². The molecule has 0 aromatic carbocycles. The van der Waals surface area contributed by atoms with Crippen LogP contribution < -0.4 is 0 Å². The second-order valence-electron chi connectivity index (χ2n) is 3.13. The van der Waals surface area contributed by atoms with Gasteiger partial charge in [-0.15, -0.1) is 0 Å². The lowest BCUT2D eigenvalue weighted by Crippen LogP contribution is -2.51. The van der Waals surface area contributed by atoms with Crippen molar-refractivity contribution >= 4 is 10.4 Å². The van der Waals surface area contributed by atoms with Gasteiger partial charge in [0.1, 0.15) is 0 Å². The molecule has 0 aliphatic heterocycles. The normalized spacial score (nSPS) is 14.9. The molecule has 4 nitrogen and oxygen atoms in total. The third-order valence-electron chi connectivity index (χ3n) is 1.68. The first-order valence-electron chi connectivity index (χ1n) is 4.15. The smallest absolute Gasteiger partial charge is 0.264 e. The van der Waals surface area contributed by atoms with Crippen molar-refractivity contribution in [1.82, 2.24) is 0 Å². The first-order chi connectivity index (χ1) is 7.71. The Kier molecular flexibility index (Phi) is 4.99. The molecule has 0 fully saturated rings. The summed E-state index contributed by atoms with van der Waals surface area (Å²) in [6.45, 7) is -1.15. The van der Waals surface area contributed by atoms with E-state index in [0.717, 1.165) is 0 Å². The average Bonchev–Trinajstić information content (AvgIpc) is 2.09. The molecule has 0 heterocycles. The molecule has 12 heteroatoms. The maximum atomic E-state index is 12.6. The molecule has 18 heavy (non-hydrogen) atoms. The summed E-state index contributed by atoms with van der Waals surface area (Å²) in [7, 11) is -4.96. The number of hydrogen-bond donors (Lipinski definition) is 1. The highest BCUT2D eigenvalue weighted by Crippen LogP contribution is 2.48. The Morgan fingerprint density at radius 2 is 1.44 bits per heavy atom. The molecule has 110 valence electrons. The highest BCUT2D eigenvalue weighted by Gasteiger charge is 2.72. The summed E-state index contributed by atoms with van der Waals surface area (Å²) in [6.07, 6.45) is -9.52. The van der Waals surface area contributed by atoms with Crippen LogP contribution in [0.5, 0.6) is 0 Å². The lowest BCUT2D eigenvalue weighted by molar-refractivity contribution is -0.355. The SMILES string of the molecule is O=S(=O)(O)OCCCC(F)(F)C(F)(F)C(F)(F)F. The van der Waals surface area contributed by atoms with Crippen LogP contribution in [0.2, 0.25) is 0 Å². The van der Waals surface area contributed by atoms with Gasteiger partial charge in [0.05, 0.1) is 6.61 Å². The zero-order chi connectivity index (χ0) is 14.8. The second kappa shape index (κ2) is 5.17. The quantitative estimate of drug-likeness (QED) is 0.465. The van der Waals surface area contributed by atoms with Gasteiger partial charge in [0.15, 0.2) is 0 Å². The van der Waals surface area contributed by atoms with E-state index >= 15 is 0 Å². The second-order valence-corrected chi connectivity index (χ2v) is 4.22. The van der Waals surface area contributed by atoms with Crippen LogP contribution in [0.15, 0.2) is 0 Å². The van der Waals surface area contributed by atoms with Crippen molar-refractivity contribution in [3.8, 4) is 0 Å². The van der Waals surface area contributed by atoms with Crippen molar-refractivity contribution in [3.63, 3.8) is 0 Å². The summed E-state index contributed by atoms with van der Waals surface area (Å²) < 4.78 is 116. The number of alkyl halides is 7. The lowest BCUT2D eigenvalue weighted by Gasteiger charge is -2.27. The molecular weight excluding hydrogens is 301 g/mol. The largest absolute Gasteiger partial charge is 0.459 e. The Hall–Kier alpha value is -0.620. The van der Waals surface area contributed by atoms with Crippen LogP contribution in [0.4, 0.5) is 30.7 Å². The van der Waals surface area contributed by atoms with E-state index in [9.17, 15) is 39.2 Å². The Morgan fingerprint density at radius 3 is 1.78 bits per heavy atom. The van der Waals surface area contributed by atoms with Crippen LogP contribution >= 0.6 is 0 Å². The molecule has 0 aliphatic carbocycles. The third-order valence-corrected chi connectivity index (χ3v) is 2.15. The summed E-state index contributed by atoms with van der Waals surface area (Å²) >= 11 is 0. The molecule has 0 atom stereocenters. The van der Waals surface area contributed by atoms with Gasteiger partial charge in [0.2, 0.25) is 0 Å². The Morgan fingerprint density at radius 1 is 1.00 bits per heavy atom. The zero-order valence-electron chi connectivity index (χ0n) is 8.35. The van der Waals surface area contributed by atoms with E-state index in [2.05, 4.69) is 4.18 Å². The first-order valence-corrected chi connectivity index (χ1v) is 5.51. The molecule has 0 aromatic rings. The Balaban J connectivity index is 4.50. The minimum Gasteiger partial charge on any atom is -0.264 e. The molecule has 0 amide bonds. The fourth-order valence-electron chi connectivity index (χ4n) is 0.823. The van der Waals surface area contributed by atoms with Gasteiger partial charge in [-0.25, -0.2) is 4.18 Å². The molecule has 0 unspecified atom stereocenters. The van der Waals surface area contributed by atoms with Gasteiger partial charge >= 0.3 is 28.4 Å². The Bertz CT molecular complexity index is 374. The summed E-state index contributed by atoms with van der Waals surface area (Å²) in [6, 6.07) is 0. The maximum absolute atomic E-state index is 12.6. The minimum atomic E-state index is -6.43. The molecular formula is C6H7F7O4S. The zero-order valence-corrected chi connectivity index (χ0v) is 9.16. The van der Waals surface area contributed by atoms with Gasteiger partial charge in [-0.05, 0) is 6.42 Å². The molecule has 0 aliphatic rings. The Labute approximate surface area is 96.7 Å². The van der Waals surface area contributed by atoms with E-state index in [1.807, 2.05) is 0 Å². The number of hydrogen-bond acceptors (Lipinski definition) is 3. The topological polar surface area (TPSA) is 63.6 Å². The van der Waals surface area contributed by atoms with E-state index in [-0.39, 0.29) is 0 Å². The van der Waals surface area contributed by atoms with Crippen LogP contribution in [0.1, 0.15) is 12.8 Å². The van der Waals surface area contributed by atoms with Crippen molar-refractivity contribution in [1.29, 1.82) is 0 Å². The average molecular weight is 308 g/mol. The van der Waals surface area contributed by atoms with E-state index in [1.54, 1.807) is 0 Å². The van der Waals surface area contributed by atoms with E-state index < -0.39 is 47.9 Å². The first kappa shape index (κ1) is 17.4. The highest BCUT2D eigenvalue weighted by molar-refractivity contribution is 7.80. The van der Waals surface area contributed by atoms with Crippen molar-refractivity contribution in [2.75, 3.05) is 6.61 Å². The molecule has 1 N–H and O–H groups in total. The van der Waals surface area contributed by atoms with E-state index in [1.165, 1.54) is 0 Å². The van der Waals surface area contributed by atoms with Crippen molar-refractivity contribution in [2.24, 2.45) is 0 Å². The van der Waals surface area contributed by atoms with Gasteiger partial charge in [-0.3, -0.25) is 4.55 Å². The van der Waals surface area contributed by atoms with E-state index in [4.69, 9.17) is 4.55 Å². The fourth-order valence-corrected chi connectivity index (χ4v) is 1.15. The minimum absolute atomic E-state index is 1.13. The predicted molar refractivity (Wildman–Crippen MR) is 42.7 cm³/mol. The summed E-state index contributed by atoms with van der Waals surface area (Å²) in [5.74, 6) is -11.6. The molecule has 0 saturated carbocycles. The lowest BCUT2D eigenvalue weighted by atomic mass is 10.1. The maximum Gasteiger partial charge on any atom is 0.459 e. The highest BCUT2D eigenvalue weighted by atomic mass is 32.3. The van der Waals surface area contributed by atoms with Gasteiger partial charge in [0.25, 0.3) is 0 Å². The fraction of sp³-hybridized carbons (Fsp3) is 1.00. The summed E-state index contributed by atoms with van der Waals surface area (Å²) in [4.78, 5) is 0.